The first-order valence-corrected chi connectivity index (χ1v) is 20.5. The minimum absolute atomic E-state index is 0.119. The van der Waals surface area contributed by atoms with Gasteiger partial charge in [0, 0.05) is 44.3 Å². The number of hydrogen-bond donors (Lipinski definition) is 1. The van der Waals surface area contributed by atoms with Crippen molar-refractivity contribution in [2.24, 2.45) is 0 Å². The van der Waals surface area contributed by atoms with Gasteiger partial charge in [0.2, 0.25) is 0 Å². The normalized spacial score (nSPS) is 16.6. The molecule has 273 valence electrons. The first-order chi connectivity index (χ1) is 26.8. The molecule has 1 radical (unpaired) electrons. The minimum atomic E-state index is -0.203. The van der Waals surface area contributed by atoms with Gasteiger partial charge in [0.05, 0.1) is 5.52 Å². The molecule has 3 aliphatic rings. The van der Waals surface area contributed by atoms with E-state index >= 15 is 0 Å². The van der Waals surface area contributed by atoms with E-state index in [1.807, 2.05) is 0 Å². The Morgan fingerprint density at radius 3 is 2.16 bits per heavy atom. The van der Waals surface area contributed by atoms with Gasteiger partial charge in [-0.25, -0.2) is 0 Å². The predicted molar refractivity (Wildman–Crippen MR) is 241 cm³/mol. The molecule has 2 nitrogen and oxygen atoms in total. The van der Waals surface area contributed by atoms with Crippen LogP contribution < -0.4 is 16.2 Å². The van der Waals surface area contributed by atoms with Crippen LogP contribution in [0.2, 0.25) is 0 Å². The molecular weight excluding hydrogens is 675 g/mol. The number of para-hydroxylation sites is 1. The van der Waals surface area contributed by atoms with Gasteiger partial charge in [-0.1, -0.05) is 138 Å². The van der Waals surface area contributed by atoms with Crippen molar-refractivity contribution in [1.29, 1.82) is 0 Å². The molecule has 0 saturated carbocycles. The molecule has 11 rings (SSSR count). The van der Waals surface area contributed by atoms with E-state index in [1.165, 1.54) is 123 Å². The van der Waals surface area contributed by atoms with Gasteiger partial charge in [0.25, 0.3) is 0 Å². The van der Waals surface area contributed by atoms with Gasteiger partial charge >= 0.3 is 0 Å². The number of rotatable bonds is 3. The first-order valence-electron chi connectivity index (χ1n) is 20.5. The van der Waals surface area contributed by atoms with Gasteiger partial charge in [0.1, 0.15) is 0 Å². The third-order valence-corrected chi connectivity index (χ3v) is 14.0. The lowest BCUT2D eigenvalue weighted by Crippen LogP contribution is -2.37. The van der Waals surface area contributed by atoms with Crippen LogP contribution in [0.5, 0.6) is 0 Å². The fourth-order valence-electron chi connectivity index (χ4n) is 11.0. The summed E-state index contributed by atoms with van der Waals surface area (Å²) in [6, 6.07) is 44.0. The van der Waals surface area contributed by atoms with Crippen LogP contribution in [0.15, 0.2) is 115 Å². The fraction of sp³-hybridized carbons (Fsp3) is 0.245. The Balaban J connectivity index is 1.20. The number of nitrogens with zero attached hydrogens (tertiary/aromatic N) is 1. The number of anilines is 2. The van der Waals surface area contributed by atoms with Gasteiger partial charge in [-0.15, -0.1) is 0 Å². The summed E-state index contributed by atoms with van der Waals surface area (Å²) < 4.78 is 2.56. The lowest BCUT2D eigenvalue weighted by Gasteiger charge is -2.42. The summed E-state index contributed by atoms with van der Waals surface area (Å²) in [5, 5.41) is 9.37. The highest BCUT2D eigenvalue weighted by Gasteiger charge is 2.41. The Morgan fingerprint density at radius 2 is 1.34 bits per heavy atom. The van der Waals surface area contributed by atoms with Gasteiger partial charge < -0.3 is 9.88 Å². The number of aromatic nitrogens is 1. The van der Waals surface area contributed by atoms with E-state index in [9.17, 15) is 0 Å². The van der Waals surface area contributed by atoms with Crippen molar-refractivity contribution in [2.45, 2.75) is 84.5 Å². The maximum atomic E-state index is 4.14. The average molecular weight is 724 g/mol. The van der Waals surface area contributed by atoms with E-state index in [-0.39, 0.29) is 16.2 Å². The van der Waals surface area contributed by atoms with Crippen LogP contribution >= 0.6 is 0 Å². The Bertz CT molecular complexity index is 3030. The zero-order valence-corrected chi connectivity index (χ0v) is 33.9. The molecule has 56 heavy (non-hydrogen) atoms. The molecule has 1 aromatic heterocycles. The minimum Gasteiger partial charge on any atom is -0.355 e. The van der Waals surface area contributed by atoms with Gasteiger partial charge in [-0.2, -0.15) is 0 Å². The number of fused-ring (bicyclic) bond motifs is 11. The summed E-state index contributed by atoms with van der Waals surface area (Å²) in [4.78, 5) is 0. The highest BCUT2D eigenvalue weighted by molar-refractivity contribution is 6.73. The number of benzene rings is 7. The highest BCUT2D eigenvalue weighted by Crippen LogP contribution is 2.55. The van der Waals surface area contributed by atoms with Gasteiger partial charge in [-0.05, 0) is 128 Å². The lowest BCUT2D eigenvalue weighted by molar-refractivity contribution is 0.332. The largest absolute Gasteiger partial charge is 0.355 e. The van der Waals surface area contributed by atoms with Crippen molar-refractivity contribution >= 4 is 62.2 Å². The third kappa shape index (κ3) is 4.52. The number of aryl methyl sites for hydroxylation is 2. The van der Waals surface area contributed by atoms with Crippen LogP contribution in [0, 0.1) is 13.8 Å². The Kier molecular flexibility index (Phi) is 6.81. The van der Waals surface area contributed by atoms with Crippen molar-refractivity contribution in [1.82, 2.24) is 4.57 Å². The summed E-state index contributed by atoms with van der Waals surface area (Å²) in [6.45, 7) is 19.1. The second kappa shape index (κ2) is 11.3. The molecule has 2 heterocycles. The van der Waals surface area contributed by atoms with E-state index in [4.69, 9.17) is 0 Å². The van der Waals surface area contributed by atoms with Crippen LogP contribution in [-0.2, 0) is 16.2 Å². The highest BCUT2D eigenvalue weighted by atomic mass is 15.0. The second-order valence-corrected chi connectivity index (χ2v) is 18.8. The van der Waals surface area contributed by atoms with E-state index < -0.39 is 0 Å². The van der Waals surface area contributed by atoms with E-state index in [2.05, 4.69) is 188 Å². The molecule has 8 aromatic rings. The quantitative estimate of drug-likeness (QED) is 0.180. The maximum absolute atomic E-state index is 4.14. The van der Waals surface area contributed by atoms with E-state index in [1.54, 1.807) is 0 Å². The fourth-order valence-corrected chi connectivity index (χ4v) is 11.0. The third-order valence-electron chi connectivity index (χ3n) is 14.0. The molecular formula is C53H48BN2. The second-order valence-electron chi connectivity index (χ2n) is 18.8. The molecule has 0 fully saturated rings. The molecule has 0 saturated heterocycles. The average Bonchev–Trinajstić information content (AvgIpc) is 3.64. The summed E-state index contributed by atoms with van der Waals surface area (Å²) in [6.07, 6.45) is 2.40. The van der Waals surface area contributed by atoms with Crippen molar-refractivity contribution in [3.05, 3.63) is 149 Å². The molecule has 7 aromatic carbocycles. The lowest BCUT2D eigenvalue weighted by atomic mass is 9.58. The van der Waals surface area contributed by atoms with Crippen LogP contribution in [0.3, 0.4) is 0 Å². The van der Waals surface area contributed by atoms with E-state index in [0.29, 0.717) is 0 Å². The molecule has 0 spiro atoms. The molecule has 2 aliphatic carbocycles. The van der Waals surface area contributed by atoms with Crippen molar-refractivity contribution in [2.75, 3.05) is 5.32 Å². The van der Waals surface area contributed by atoms with E-state index in [0.717, 1.165) is 5.69 Å². The summed E-state index contributed by atoms with van der Waals surface area (Å²) in [5.41, 5.74) is 22.4. The Labute approximate surface area is 331 Å². The summed E-state index contributed by atoms with van der Waals surface area (Å²) >= 11 is 0. The van der Waals surface area contributed by atoms with Crippen molar-refractivity contribution < 1.29 is 0 Å². The Morgan fingerprint density at radius 1 is 0.607 bits per heavy atom. The van der Waals surface area contributed by atoms with Crippen LogP contribution in [0.4, 0.5) is 11.4 Å². The molecule has 0 amide bonds. The Hall–Kier alpha value is -5.54. The molecule has 0 atom stereocenters. The summed E-state index contributed by atoms with van der Waals surface area (Å²) in [7, 11) is 2.47. The molecule has 0 unspecified atom stereocenters. The zero-order chi connectivity index (χ0) is 38.5. The van der Waals surface area contributed by atoms with Crippen LogP contribution in [-0.4, -0.2) is 11.8 Å². The smallest absolute Gasteiger partial charge is 0.197 e. The molecule has 0 bridgehead atoms. The first kappa shape index (κ1) is 33.8. The van der Waals surface area contributed by atoms with Crippen LogP contribution in [0.25, 0.3) is 60.5 Å². The molecule has 3 heteroatoms. The maximum Gasteiger partial charge on any atom is 0.197 e. The number of nitrogens with one attached hydrogen (secondary N) is 1. The monoisotopic (exact) mass is 723 g/mol. The summed E-state index contributed by atoms with van der Waals surface area (Å²) in [5.74, 6) is 0. The topological polar surface area (TPSA) is 17.0 Å². The van der Waals surface area contributed by atoms with Crippen LogP contribution in [0.1, 0.15) is 87.8 Å². The van der Waals surface area contributed by atoms with Gasteiger partial charge in [-0.3, -0.25) is 0 Å². The predicted octanol–water partition coefficient (Wildman–Crippen LogP) is 12.6. The molecule has 1 N–H and O–H groups in total. The molecule has 1 aliphatic heterocycles. The SMILES string of the molecule is Cc1cc(-c2c(Nc3cc4c(cc3C)C(C)(C)CCC4(C)C)ccc3c2C(C)(C)c2ccccc2-3)c2c(c1)-n1c3ccc4ccccc4c3c3cccc(c31)[B]2. The standard InChI is InChI=1S/C53H48BN2/c1-30-26-37(49-45(27-30)56-44-23-20-32-14-9-10-15-33(32)46(44)36-17-13-19-41(54-49)50(36)56)47-42(22-21-35-34-16-11-12-18-38(34)53(7,8)48(35)47)55-43-29-40-39(28-31(43)2)51(3,4)24-25-52(40,5)6/h9-23,26-29,55H,24-25H2,1-8H3. The number of hydrogen-bond acceptors (Lipinski definition) is 1. The van der Waals surface area contributed by atoms with Crippen molar-refractivity contribution in [3.63, 3.8) is 0 Å². The van der Waals surface area contributed by atoms with Gasteiger partial charge in [0.15, 0.2) is 7.28 Å². The van der Waals surface area contributed by atoms with Crippen molar-refractivity contribution in [3.8, 4) is 27.9 Å². The zero-order valence-electron chi connectivity index (χ0n) is 33.9.